The van der Waals surface area contributed by atoms with Crippen LogP contribution in [0.2, 0.25) is 0 Å². The molecule has 0 bridgehead atoms. The molecule has 0 heterocycles. The molecule has 2 saturated carbocycles. The lowest BCUT2D eigenvalue weighted by Crippen LogP contribution is -2.30. The van der Waals surface area contributed by atoms with Crippen LogP contribution in [0.25, 0.3) is 11.1 Å². The van der Waals surface area contributed by atoms with Crippen LogP contribution in [-0.4, -0.2) is 60.7 Å². The van der Waals surface area contributed by atoms with E-state index in [0.29, 0.717) is 29.1 Å². The maximum Gasteiger partial charge on any atom is 0.341 e. The first-order valence-electron chi connectivity index (χ1n) is 16.3. The molecule has 2 aromatic rings. The van der Waals surface area contributed by atoms with Crippen LogP contribution >= 0.6 is 0 Å². The number of ether oxygens (including phenoxy) is 4. The highest BCUT2D eigenvalue weighted by Gasteiger charge is 2.33. The molecular weight excluding hydrogens is 600 g/mol. The molecule has 2 fully saturated rings. The van der Waals surface area contributed by atoms with E-state index in [1.807, 2.05) is 24.3 Å². The minimum Gasteiger partial charge on any atom is -0.490 e. The van der Waals surface area contributed by atoms with E-state index in [0.717, 1.165) is 73.8 Å². The van der Waals surface area contributed by atoms with Gasteiger partial charge in [0.25, 0.3) is 0 Å². The molecule has 0 aromatic heterocycles. The van der Waals surface area contributed by atoms with Gasteiger partial charge in [-0.3, -0.25) is 0 Å². The predicted octanol–water partition coefficient (Wildman–Crippen LogP) is 6.23. The normalized spacial score (nSPS) is 20.8. The SMILES string of the molecule is C=C(C)C(=O)OCCOc1ccc(-c2ccc(OC(=O)C(=C)CO)cc2)cc1C1CCC(C2CCC(OC(=O)C(=C)CO)CC2)CC1. The fourth-order valence-electron chi connectivity index (χ4n) is 6.43. The molecule has 0 unspecified atom stereocenters. The van der Waals surface area contributed by atoms with Crippen molar-refractivity contribution in [1.82, 2.24) is 0 Å². The molecule has 9 heteroatoms. The Bertz CT molecular complexity index is 1440. The van der Waals surface area contributed by atoms with Crippen LogP contribution in [0, 0.1) is 11.8 Å². The summed E-state index contributed by atoms with van der Waals surface area (Å²) in [6.07, 6.45) is 7.82. The van der Waals surface area contributed by atoms with E-state index in [-0.39, 0.29) is 37.1 Å². The summed E-state index contributed by atoms with van der Waals surface area (Å²) in [5, 5.41) is 18.3. The Labute approximate surface area is 276 Å². The summed E-state index contributed by atoms with van der Waals surface area (Å²) in [5.74, 6) is 1.01. The van der Waals surface area contributed by atoms with Crippen LogP contribution in [0.1, 0.15) is 69.8 Å². The Morgan fingerprint density at radius 2 is 1.30 bits per heavy atom. The second-order valence-electron chi connectivity index (χ2n) is 12.5. The van der Waals surface area contributed by atoms with E-state index < -0.39 is 24.5 Å². The Morgan fingerprint density at radius 3 is 1.89 bits per heavy atom. The van der Waals surface area contributed by atoms with Crippen molar-refractivity contribution in [2.45, 2.75) is 70.3 Å². The predicted molar refractivity (Wildman–Crippen MR) is 178 cm³/mol. The average Bonchev–Trinajstić information content (AvgIpc) is 3.10. The van der Waals surface area contributed by atoms with Crippen molar-refractivity contribution in [3.63, 3.8) is 0 Å². The maximum absolute atomic E-state index is 12.0. The monoisotopic (exact) mass is 646 g/mol. The zero-order valence-electron chi connectivity index (χ0n) is 27.2. The van der Waals surface area contributed by atoms with Crippen molar-refractivity contribution >= 4 is 17.9 Å². The van der Waals surface area contributed by atoms with Gasteiger partial charge in [-0.05, 0) is 117 Å². The molecule has 4 rings (SSSR count). The van der Waals surface area contributed by atoms with Gasteiger partial charge in [-0.2, -0.15) is 0 Å². The highest BCUT2D eigenvalue weighted by atomic mass is 16.6. The van der Waals surface area contributed by atoms with Gasteiger partial charge in [-0.1, -0.05) is 37.9 Å². The van der Waals surface area contributed by atoms with Gasteiger partial charge in [0.1, 0.15) is 30.8 Å². The van der Waals surface area contributed by atoms with Crippen LogP contribution in [-0.2, 0) is 23.9 Å². The van der Waals surface area contributed by atoms with Crippen molar-refractivity contribution < 1.29 is 43.5 Å². The lowest BCUT2D eigenvalue weighted by molar-refractivity contribution is -0.147. The molecule has 2 aromatic carbocycles. The quantitative estimate of drug-likeness (QED) is 0.106. The lowest BCUT2D eigenvalue weighted by Gasteiger charge is -2.38. The second kappa shape index (κ2) is 17.1. The molecular formula is C38H46O9. The van der Waals surface area contributed by atoms with E-state index in [1.165, 1.54) is 0 Å². The summed E-state index contributed by atoms with van der Waals surface area (Å²) in [4.78, 5) is 35.8. The van der Waals surface area contributed by atoms with Gasteiger partial charge >= 0.3 is 17.9 Å². The fourth-order valence-corrected chi connectivity index (χ4v) is 6.43. The molecule has 0 spiro atoms. The summed E-state index contributed by atoms with van der Waals surface area (Å²) in [6, 6.07) is 13.3. The van der Waals surface area contributed by atoms with E-state index in [4.69, 9.17) is 29.2 Å². The van der Waals surface area contributed by atoms with Crippen LogP contribution in [0.4, 0.5) is 0 Å². The van der Waals surface area contributed by atoms with Crippen molar-refractivity contribution in [2.75, 3.05) is 26.4 Å². The molecule has 2 aliphatic rings. The first kappa shape index (κ1) is 35.6. The Balaban J connectivity index is 1.42. The number of carbonyl (C=O) groups is 3. The topological polar surface area (TPSA) is 129 Å². The van der Waals surface area contributed by atoms with Crippen molar-refractivity contribution in [3.8, 4) is 22.6 Å². The highest BCUT2D eigenvalue weighted by molar-refractivity contribution is 5.90. The Hall–Kier alpha value is -4.21. The first-order chi connectivity index (χ1) is 22.6. The van der Waals surface area contributed by atoms with Crippen molar-refractivity contribution in [3.05, 3.63) is 84.5 Å². The molecule has 2 aliphatic carbocycles. The Morgan fingerprint density at radius 1 is 0.723 bits per heavy atom. The minimum absolute atomic E-state index is 0.0162. The number of hydrogen-bond acceptors (Lipinski definition) is 9. The largest absolute Gasteiger partial charge is 0.490 e. The summed E-state index contributed by atoms with van der Waals surface area (Å²) >= 11 is 0. The standard InChI is InChI=1S/C38H46O9/c1-24(2)36(41)45-20-19-44-35-18-13-31(29-11-16-33(17-12-29)47-38(43)26(4)23-40)21-34(35)30-7-5-27(6-8-30)28-9-14-32(15-10-28)46-37(42)25(3)22-39/h11-13,16-18,21,27-28,30,32,39-40H,1,3-10,14-15,19-20,22-23H2,2H3. The van der Waals surface area contributed by atoms with E-state index in [1.54, 1.807) is 19.1 Å². The van der Waals surface area contributed by atoms with Gasteiger partial charge in [-0.25, -0.2) is 14.4 Å². The first-order valence-corrected chi connectivity index (χ1v) is 16.3. The minimum atomic E-state index is -0.672. The van der Waals surface area contributed by atoms with Crippen molar-refractivity contribution in [1.29, 1.82) is 0 Å². The van der Waals surface area contributed by atoms with Gasteiger partial charge < -0.3 is 29.2 Å². The summed E-state index contributed by atoms with van der Waals surface area (Å²) in [5.41, 5.74) is 3.47. The van der Waals surface area contributed by atoms with E-state index >= 15 is 0 Å². The fraction of sp³-hybridized carbons (Fsp3) is 0.447. The summed E-state index contributed by atoms with van der Waals surface area (Å²) in [6.45, 7) is 11.8. The number of aliphatic hydroxyl groups excluding tert-OH is 2. The van der Waals surface area contributed by atoms with Gasteiger partial charge in [-0.15, -0.1) is 0 Å². The molecule has 0 atom stereocenters. The third-order valence-electron chi connectivity index (χ3n) is 9.16. The third-order valence-corrected chi connectivity index (χ3v) is 9.16. The number of carbonyl (C=O) groups excluding carboxylic acids is 3. The Kier molecular flexibility index (Phi) is 13.0. The molecule has 0 saturated heterocycles. The van der Waals surface area contributed by atoms with E-state index in [2.05, 4.69) is 25.8 Å². The number of aliphatic hydroxyl groups is 2. The van der Waals surface area contributed by atoms with Gasteiger partial charge in [0, 0.05) is 5.57 Å². The van der Waals surface area contributed by atoms with E-state index in [9.17, 15) is 14.4 Å². The zero-order chi connectivity index (χ0) is 33.9. The number of rotatable bonds is 14. The number of benzene rings is 2. The van der Waals surface area contributed by atoms with Crippen LogP contribution < -0.4 is 9.47 Å². The summed E-state index contributed by atoms with van der Waals surface area (Å²) < 4.78 is 22.2. The number of esters is 3. The molecule has 0 amide bonds. The molecule has 0 radical (unpaired) electrons. The molecule has 9 nitrogen and oxygen atoms in total. The van der Waals surface area contributed by atoms with Gasteiger partial charge in [0.2, 0.25) is 0 Å². The second-order valence-corrected chi connectivity index (χ2v) is 12.5. The average molecular weight is 647 g/mol. The van der Waals surface area contributed by atoms with Crippen LogP contribution in [0.15, 0.2) is 78.9 Å². The van der Waals surface area contributed by atoms with Gasteiger partial charge in [0.15, 0.2) is 0 Å². The smallest absolute Gasteiger partial charge is 0.341 e. The number of hydrogen-bond donors (Lipinski definition) is 2. The molecule has 0 aliphatic heterocycles. The lowest BCUT2D eigenvalue weighted by atomic mass is 9.69. The molecule has 2 N–H and O–H groups in total. The van der Waals surface area contributed by atoms with Crippen LogP contribution in [0.5, 0.6) is 11.5 Å². The van der Waals surface area contributed by atoms with Crippen LogP contribution in [0.3, 0.4) is 0 Å². The highest BCUT2D eigenvalue weighted by Crippen LogP contribution is 2.46. The molecule has 47 heavy (non-hydrogen) atoms. The van der Waals surface area contributed by atoms with Gasteiger partial charge in [0.05, 0.1) is 24.4 Å². The maximum atomic E-state index is 12.0. The molecule has 252 valence electrons. The zero-order valence-corrected chi connectivity index (χ0v) is 27.2. The third kappa shape index (κ3) is 9.89. The van der Waals surface area contributed by atoms with Crippen molar-refractivity contribution in [2.24, 2.45) is 11.8 Å². The summed E-state index contributed by atoms with van der Waals surface area (Å²) in [7, 11) is 0.